The number of ether oxygens (including phenoxy) is 1. The van der Waals surface area contributed by atoms with Crippen LogP contribution in [0, 0.1) is 5.41 Å². The van der Waals surface area contributed by atoms with Crippen LogP contribution in [0.4, 0.5) is 10.6 Å². The van der Waals surface area contributed by atoms with Gasteiger partial charge in [0.25, 0.3) is 5.56 Å². The van der Waals surface area contributed by atoms with Crippen molar-refractivity contribution in [3.8, 4) is 0 Å². The average molecular weight is 600 g/mol. The molecule has 1 spiro atoms. The minimum absolute atomic E-state index is 0.00345. The van der Waals surface area contributed by atoms with Gasteiger partial charge in [-0.2, -0.15) is 4.57 Å². The zero-order chi connectivity index (χ0) is 28.0. The van der Waals surface area contributed by atoms with Crippen LogP contribution in [0.15, 0.2) is 51.1 Å². The quantitative estimate of drug-likeness (QED) is 0.319. The molecule has 6 rings (SSSR count). The fourth-order valence-electron chi connectivity index (χ4n) is 5.64. The number of piperidine rings is 1. The lowest BCUT2D eigenvalue weighted by Crippen LogP contribution is -2.54. The third-order valence-corrected chi connectivity index (χ3v) is 10.2. The van der Waals surface area contributed by atoms with Gasteiger partial charge in [0.1, 0.15) is 17.4 Å². The summed E-state index contributed by atoms with van der Waals surface area (Å²) >= 11 is 9.62. The molecule has 4 N–H and O–H groups in total. The van der Waals surface area contributed by atoms with Crippen LogP contribution in [-0.2, 0) is 17.7 Å². The molecular weight excluding hydrogens is 572 g/mol. The Hall–Kier alpha value is -3.10. The molecule has 0 bridgehead atoms. The Kier molecular flexibility index (Phi) is 7.25. The molecule has 4 aromatic rings. The van der Waals surface area contributed by atoms with Crippen LogP contribution in [0.25, 0.3) is 10.9 Å². The van der Waals surface area contributed by atoms with Gasteiger partial charge in [0.05, 0.1) is 65.7 Å². The highest BCUT2D eigenvalue weighted by atomic mass is 35.5. The number of carbonyl (C=O) groups is 1. The highest BCUT2D eigenvalue weighted by molar-refractivity contribution is 7.99. The zero-order valence-corrected chi connectivity index (χ0v) is 24.1. The second-order valence-electron chi connectivity index (χ2n) is 10.1. The topological polar surface area (TPSA) is 146 Å². The van der Waals surface area contributed by atoms with Crippen LogP contribution in [0.2, 0.25) is 5.02 Å². The molecule has 2 aliphatic rings. The molecule has 1 fully saturated rings. The molecule has 1 amide bonds. The number of fused-ring (bicyclic) bond motifs is 2. The summed E-state index contributed by atoms with van der Waals surface area (Å²) < 4.78 is 7.97. The van der Waals surface area contributed by atoms with E-state index in [9.17, 15) is 9.59 Å². The second kappa shape index (κ2) is 10.7. The number of hydrogen-bond donors (Lipinski definition) is 2. The van der Waals surface area contributed by atoms with Crippen molar-refractivity contribution in [2.75, 3.05) is 31.7 Å². The Morgan fingerprint density at radius 3 is 2.83 bits per heavy atom. The summed E-state index contributed by atoms with van der Waals surface area (Å²) in [5, 5.41) is 1.11. The predicted octanol–water partition coefficient (Wildman–Crippen LogP) is 2.76. The fourth-order valence-corrected chi connectivity index (χ4v) is 7.77. The molecule has 1 saturated heterocycles. The van der Waals surface area contributed by atoms with Crippen molar-refractivity contribution < 1.29 is 14.1 Å². The Balaban J connectivity index is 1.24. The van der Waals surface area contributed by atoms with Crippen LogP contribution in [-0.4, -0.2) is 52.4 Å². The van der Waals surface area contributed by atoms with Crippen molar-refractivity contribution in [1.29, 1.82) is 0 Å². The summed E-state index contributed by atoms with van der Waals surface area (Å²) in [6, 6.07) is 2.85. The number of hydrogen-bond acceptors (Lipinski definition) is 10. The lowest BCUT2D eigenvalue weighted by Gasteiger charge is -2.40. The number of thiazole rings is 1. The number of aromatic nitrogens is 5. The van der Waals surface area contributed by atoms with Crippen molar-refractivity contribution in [3.05, 3.63) is 62.3 Å². The average Bonchev–Trinajstić information content (AvgIpc) is 3.50. The number of nitrogens with zero attached hydrogens (tertiary/aromatic N) is 6. The smallest absolute Gasteiger partial charge is 0.383 e. The molecule has 0 saturated carbocycles. The third-order valence-electron chi connectivity index (χ3n) is 7.90. The van der Waals surface area contributed by atoms with Gasteiger partial charge in [-0.25, -0.2) is 19.7 Å². The van der Waals surface area contributed by atoms with E-state index in [4.69, 9.17) is 27.8 Å². The molecule has 14 heteroatoms. The van der Waals surface area contributed by atoms with Gasteiger partial charge < -0.3 is 10.5 Å². The molecule has 40 heavy (non-hydrogen) atoms. The van der Waals surface area contributed by atoms with E-state index in [1.165, 1.54) is 32.1 Å². The van der Waals surface area contributed by atoms with Gasteiger partial charge in [-0.05, 0) is 31.4 Å². The number of nitrogens with two attached hydrogens (primary N) is 2. The van der Waals surface area contributed by atoms with E-state index in [1.54, 1.807) is 43.0 Å². The van der Waals surface area contributed by atoms with Crippen molar-refractivity contribution in [1.82, 2.24) is 19.5 Å². The fraction of sp³-hybridized carbons (Fsp3) is 0.385. The number of halogens is 1. The molecule has 1 aliphatic carbocycles. The first-order valence-electron chi connectivity index (χ1n) is 12.8. The number of carbonyl (C=O) groups excluding carboxylic acids is 1. The first-order valence-corrected chi connectivity index (χ1v) is 14.9. The van der Waals surface area contributed by atoms with E-state index in [0.29, 0.717) is 39.8 Å². The lowest BCUT2D eigenvalue weighted by molar-refractivity contribution is -0.559. The molecule has 1 atom stereocenters. The van der Waals surface area contributed by atoms with E-state index >= 15 is 0 Å². The lowest BCUT2D eigenvalue weighted by atomic mass is 9.73. The van der Waals surface area contributed by atoms with E-state index in [1.807, 2.05) is 5.51 Å². The van der Waals surface area contributed by atoms with Crippen LogP contribution in [0.5, 0.6) is 0 Å². The third kappa shape index (κ3) is 4.65. The highest BCUT2D eigenvalue weighted by Crippen LogP contribution is 2.51. The maximum Gasteiger partial charge on any atom is 0.438 e. The first kappa shape index (κ1) is 27.1. The first-order chi connectivity index (χ1) is 19.3. The molecule has 0 radical (unpaired) electrons. The van der Waals surface area contributed by atoms with Gasteiger partial charge in [0, 0.05) is 22.3 Å². The van der Waals surface area contributed by atoms with Crippen LogP contribution in [0.3, 0.4) is 0 Å². The van der Waals surface area contributed by atoms with Crippen molar-refractivity contribution in [2.45, 2.75) is 41.8 Å². The number of amides is 1. The van der Waals surface area contributed by atoms with Gasteiger partial charge >= 0.3 is 6.03 Å². The Labute approximate surface area is 243 Å². The van der Waals surface area contributed by atoms with Crippen molar-refractivity contribution >= 4 is 57.5 Å². The number of primary amides is 1. The summed E-state index contributed by atoms with van der Waals surface area (Å²) in [4.78, 5) is 43.1. The SMILES string of the molecule is COCCn1cnc2ccc(Sc3c[n+](C(N)=O)c(N4CCC5(CC4)Cc4scnc4[C@H]5N)cn3)c(Cl)c2c1=O. The predicted molar refractivity (Wildman–Crippen MR) is 153 cm³/mol. The summed E-state index contributed by atoms with van der Waals surface area (Å²) in [5.74, 6) is 0.626. The van der Waals surface area contributed by atoms with E-state index < -0.39 is 6.03 Å². The van der Waals surface area contributed by atoms with Gasteiger partial charge in [-0.1, -0.05) is 23.4 Å². The Bertz CT molecular complexity index is 1670. The monoisotopic (exact) mass is 599 g/mol. The van der Waals surface area contributed by atoms with Crippen molar-refractivity contribution in [3.63, 3.8) is 0 Å². The molecule has 4 heterocycles. The molecule has 0 unspecified atom stereocenters. The largest absolute Gasteiger partial charge is 0.438 e. The second-order valence-corrected chi connectivity index (χ2v) is 12.4. The zero-order valence-electron chi connectivity index (χ0n) is 21.7. The maximum atomic E-state index is 13.1. The van der Waals surface area contributed by atoms with Gasteiger partial charge in [0.15, 0.2) is 0 Å². The summed E-state index contributed by atoms with van der Waals surface area (Å²) in [5.41, 5.74) is 15.6. The number of rotatable bonds is 6. The van der Waals surface area contributed by atoms with Gasteiger partial charge in [-0.3, -0.25) is 20.0 Å². The summed E-state index contributed by atoms with van der Waals surface area (Å²) in [6.45, 7) is 2.19. The van der Waals surface area contributed by atoms with Crippen molar-refractivity contribution in [2.24, 2.45) is 16.9 Å². The molecular formula is C26H28ClN8O3S2+. The van der Waals surface area contributed by atoms with E-state index in [0.717, 1.165) is 38.0 Å². The molecule has 1 aliphatic heterocycles. The summed E-state index contributed by atoms with van der Waals surface area (Å²) in [6.07, 6.45) is 7.47. The molecule has 208 valence electrons. The normalized spacial score (nSPS) is 18.0. The Morgan fingerprint density at radius 1 is 1.30 bits per heavy atom. The van der Waals surface area contributed by atoms with Gasteiger partial charge in [-0.15, -0.1) is 11.3 Å². The van der Waals surface area contributed by atoms with E-state index in [2.05, 4.69) is 19.9 Å². The molecule has 1 aromatic carbocycles. The van der Waals surface area contributed by atoms with Crippen LogP contribution in [0.1, 0.15) is 29.5 Å². The maximum absolute atomic E-state index is 13.1. The van der Waals surface area contributed by atoms with Gasteiger partial charge in [0.2, 0.25) is 5.82 Å². The number of anilines is 1. The van der Waals surface area contributed by atoms with Crippen LogP contribution >= 0.6 is 34.7 Å². The van der Waals surface area contributed by atoms with E-state index in [-0.39, 0.29) is 22.0 Å². The number of benzene rings is 1. The number of methoxy groups -OCH3 is 1. The molecule has 3 aromatic heterocycles. The molecule has 11 nitrogen and oxygen atoms in total. The summed E-state index contributed by atoms with van der Waals surface area (Å²) in [7, 11) is 1.57. The Morgan fingerprint density at radius 2 is 2.10 bits per heavy atom. The highest BCUT2D eigenvalue weighted by Gasteiger charge is 2.48. The van der Waals surface area contributed by atoms with Crippen LogP contribution < -0.4 is 26.5 Å². The minimum Gasteiger partial charge on any atom is -0.383 e. The standard InChI is InChI=1S/C26H27ClN8O3S2/c1-38-9-8-34-13-31-15-2-3-16(21(27)20(15)24(34)36)40-18-12-35(25(29)37)19(11-30-18)33-6-4-26(5-7-33)10-17-22(23(26)28)32-14-39-17/h2-3,11-14,23H,4-10,28H2,1H3,(H-,29,37)/p+1/t23-/m1/s1. The minimum atomic E-state index is -0.613.